The molecule has 3 aromatic rings. The summed E-state index contributed by atoms with van der Waals surface area (Å²) in [5.41, 5.74) is 5.14. The first-order valence-electron chi connectivity index (χ1n) is 11.8. The topological polar surface area (TPSA) is 93.8 Å². The molecular weight excluding hydrogens is 480 g/mol. The van der Waals surface area contributed by atoms with Gasteiger partial charge in [-0.1, -0.05) is 12.1 Å². The van der Waals surface area contributed by atoms with Gasteiger partial charge in [0.05, 0.1) is 12.9 Å². The Bertz CT molecular complexity index is 1270. The lowest BCUT2D eigenvalue weighted by Gasteiger charge is -2.38. The normalized spacial score (nSPS) is 16.8. The number of hydrogen-bond donors (Lipinski definition) is 2. The van der Waals surface area contributed by atoms with Crippen molar-refractivity contribution in [3.05, 3.63) is 76.4 Å². The smallest absolute Gasteiger partial charge is 0.328 e. The van der Waals surface area contributed by atoms with E-state index < -0.39 is 11.6 Å². The first-order valence-corrected chi connectivity index (χ1v) is 11.8. The van der Waals surface area contributed by atoms with Gasteiger partial charge in [0, 0.05) is 42.6 Å². The van der Waals surface area contributed by atoms with Gasteiger partial charge in [-0.2, -0.15) is 0 Å². The molecule has 0 saturated heterocycles. The average molecular weight is 513 g/mol. The van der Waals surface area contributed by atoms with Crippen molar-refractivity contribution < 1.29 is 24.5 Å². The highest BCUT2D eigenvalue weighted by Gasteiger charge is 2.34. The van der Waals surface area contributed by atoms with Crippen molar-refractivity contribution in [2.24, 2.45) is 0 Å². The Kier molecular flexibility index (Phi) is 8.35. The number of aliphatic carboxylic acids is 1. The molecule has 2 heterocycles. The van der Waals surface area contributed by atoms with Crippen molar-refractivity contribution >= 4 is 24.5 Å². The van der Waals surface area contributed by atoms with Gasteiger partial charge in [0.25, 0.3) is 0 Å². The number of halogens is 1. The zero-order valence-corrected chi connectivity index (χ0v) is 21.9. The lowest BCUT2D eigenvalue weighted by Crippen LogP contribution is -2.38. The molecule has 0 saturated carbocycles. The third-order valence-corrected chi connectivity index (χ3v) is 6.89. The van der Waals surface area contributed by atoms with Crippen LogP contribution < -0.4 is 9.47 Å². The van der Waals surface area contributed by atoms with Gasteiger partial charge >= 0.3 is 5.97 Å². The number of benzene rings is 2. The Hall–Kier alpha value is -3.45. The van der Waals surface area contributed by atoms with Gasteiger partial charge in [0.1, 0.15) is 22.8 Å². The maximum Gasteiger partial charge on any atom is 0.328 e. The molecule has 0 aliphatic carbocycles. The van der Waals surface area contributed by atoms with Crippen LogP contribution in [0.5, 0.6) is 17.2 Å². The van der Waals surface area contributed by atoms with Crippen molar-refractivity contribution in [3.63, 3.8) is 0 Å². The Morgan fingerprint density at radius 3 is 2.72 bits per heavy atom. The van der Waals surface area contributed by atoms with Crippen LogP contribution in [-0.4, -0.2) is 37.9 Å². The Balaban J connectivity index is 0.00000361. The Labute approximate surface area is 217 Å². The summed E-state index contributed by atoms with van der Waals surface area (Å²) in [6.45, 7) is 9.00. The fourth-order valence-electron chi connectivity index (χ4n) is 4.54. The summed E-state index contributed by atoms with van der Waals surface area (Å²) >= 11 is 0. The van der Waals surface area contributed by atoms with E-state index in [4.69, 9.17) is 14.6 Å². The fourth-order valence-corrected chi connectivity index (χ4v) is 4.54. The number of phenolic OH excluding ortho intramolecular Hbond substituents is 1. The van der Waals surface area contributed by atoms with Crippen LogP contribution in [0.25, 0.3) is 6.08 Å². The second-order valence-corrected chi connectivity index (χ2v) is 9.46. The summed E-state index contributed by atoms with van der Waals surface area (Å²) in [6.07, 6.45) is 10.4. The van der Waals surface area contributed by atoms with Crippen LogP contribution in [0.15, 0.2) is 43.0 Å². The largest absolute Gasteiger partial charge is 0.507 e. The third kappa shape index (κ3) is 5.85. The number of nitrogens with zero attached hydrogens (tertiary/aromatic N) is 2. The number of fused-ring (bicyclic) bond motifs is 1. The molecule has 1 atom stereocenters. The van der Waals surface area contributed by atoms with Gasteiger partial charge < -0.3 is 24.3 Å². The summed E-state index contributed by atoms with van der Waals surface area (Å²) in [5.74, 6) is 0.855. The van der Waals surface area contributed by atoms with Gasteiger partial charge in [-0.3, -0.25) is 0 Å². The highest BCUT2D eigenvalue weighted by molar-refractivity contribution is 5.86. The van der Waals surface area contributed by atoms with Gasteiger partial charge in [0.2, 0.25) is 0 Å². The van der Waals surface area contributed by atoms with Crippen molar-refractivity contribution in [2.45, 2.75) is 59.1 Å². The number of aromatic nitrogens is 2. The molecule has 2 aromatic carbocycles. The van der Waals surface area contributed by atoms with Crippen LogP contribution in [0.3, 0.4) is 0 Å². The number of carboxylic acid groups (broad SMARTS) is 1. The second kappa shape index (κ2) is 11.1. The van der Waals surface area contributed by atoms with E-state index in [1.807, 2.05) is 49.7 Å². The highest BCUT2D eigenvalue weighted by Crippen LogP contribution is 2.44. The van der Waals surface area contributed by atoms with Crippen LogP contribution in [0, 0.1) is 20.8 Å². The number of hydrogen-bond acceptors (Lipinski definition) is 5. The molecule has 0 radical (unpaired) electrons. The average Bonchev–Trinajstić information content (AvgIpc) is 3.33. The van der Waals surface area contributed by atoms with Crippen molar-refractivity contribution in [1.82, 2.24) is 9.55 Å². The molecule has 192 valence electrons. The van der Waals surface area contributed by atoms with E-state index in [-0.39, 0.29) is 12.4 Å². The van der Waals surface area contributed by atoms with Crippen molar-refractivity contribution in [2.75, 3.05) is 6.61 Å². The van der Waals surface area contributed by atoms with E-state index in [0.717, 1.165) is 52.5 Å². The monoisotopic (exact) mass is 512 g/mol. The molecule has 0 amide bonds. The summed E-state index contributed by atoms with van der Waals surface area (Å²) < 4.78 is 14.7. The molecule has 36 heavy (non-hydrogen) atoms. The lowest BCUT2D eigenvalue weighted by atomic mass is 9.86. The van der Waals surface area contributed by atoms with E-state index in [0.29, 0.717) is 36.6 Å². The minimum absolute atomic E-state index is 0. The van der Waals surface area contributed by atoms with Crippen LogP contribution >= 0.6 is 12.4 Å². The Morgan fingerprint density at radius 1 is 1.25 bits per heavy atom. The van der Waals surface area contributed by atoms with Crippen LogP contribution in [-0.2, 0) is 17.8 Å². The quantitative estimate of drug-likeness (QED) is 0.380. The lowest BCUT2D eigenvalue weighted by molar-refractivity contribution is -0.131. The zero-order chi connectivity index (χ0) is 25.2. The SMILES string of the molecule is Cc1c(C)c2c(c(C)c1O)CCC(C)(CCOc1cc(Cn3ccnc3)ccc1/C=C/C(=O)O)O2.Cl. The van der Waals surface area contributed by atoms with Gasteiger partial charge in [0.15, 0.2) is 0 Å². The zero-order valence-electron chi connectivity index (χ0n) is 21.1. The molecule has 7 nitrogen and oxygen atoms in total. The minimum atomic E-state index is -1.01. The first-order chi connectivity index (χ1) is 16.7. The summed E-state index contributed by atoms with van der Waals surface area (Å²) in [6, 6.07) is 5.78. The van der Waals surface area contributed by atoms with Gasteiger partial charge in [-0.05, 0) is 74.9 Å². The maximum atomic E-state index is 11.1. The number of rotatable bonds is 8. The van der Waals surface area contributed by atoms with Crippen LogP contribution in [0.4, 0.5) is 0 Å². The van der Waals surface area contributed by atoms with Crippen LogP contribution in [0.2, 0.25) is 0 Å². The summed E-state index contributed by atoms with van der Waals surface area (Å²) in [5, 5.41) is 19.5. The molecule has 0 spiro atoms. The minimum Gasteiger partial charge on any atom is -0.507 e. The fraction of sp³-hybridized carbons (Fsp3) is 0.357. The van der Waals surface area contributed by atoms with Crippen LogP contribution in [0.1, 0.15) is 53.1 Å². The predicted octanol–water partition coefficient (Wildman–Crippen LogP) is 5.63. The molecule has 1 aliphatic rings. The van der Waals surface area contributed by atoms with Crippen molar-refractivity contribution in [3.8, 4) is 17.2 Å². The third-order valence-electron chi connectivity index (χ3n) is 6.89. The maximum absolute atomic E-state index is 11.1. The number of carboxylic acids is 1. The van der Waals surface area contributed by atoms with E-state index in [1.54, 1.807) is 18.6 Å². The van der Waals surface area contributed by atoms with Crippen molar-refractivity contribution in [1.29, 1.82) is 0 Å². The number of ether oxygens (including phenoxy) is 2. The molecular formula is C28H33ClN2O5. The molecule has 0 fully saturated rings. The van der Waals surface area contributed by atoms with Gasteiger partial charge in [-0.15, -0.1) is 12.4 Å². The molecule has 0 bridgehead atoms. The van der Waals surface area contributed by atoms with E-state index in [2.05, 4.69) is 11.9 Å². The molecule has 2 N–H and O–H groups in total. The highest BCUT2D eigenvalue weighted by atomic mass is 35.5. The second-order valence-electron chi connectivity index (χ2n) is 9.46. The number of aromatic hydroxyl groups is 1. The predicted molar refractivity (Wildman–Crippen MR) is 141 cm³/mol. The first kappa shape index (κ1) is 27.1. The summed E-state index contributed by atoms with van der Waals surface area (Å²) in [4.78, 5) is 15.1. The van der Waals surface area contributed by atoms with E-state index >= 15 is 0 Å². The van der Waals surface area contributed by atoms with E-state index in [1.165, 1.54) is 0 Å². The molecule has 1 unspecified atom stereocenters. The molecule has 8 heteroatoms. The molecule has 1 aromatic heterocycles. The number of phenols is 1. The number of carbonyl (C=O) groups is 1. The van der Waals surface area contributed by atoms with Gasteiger partial charge in [-0.25, -0.2) is 9.78 Å². The molecule has 4 rings (SSSR count). The summed E-state index contributed by atoms with van der Waals surface area (Å²) in [7, 11) is 0. The Morgan fingerprint density at radius 2 is 2.03 bits per heavy atom. The molecule has 1 aliphatic heterocycles. The standard InChI is InChI=1S/C28H32N2O5.ClH/c1-18-19(2)27-23(20(3)26(18)33)9-10-28(4,35-27)11-14-34-24-15-21(16-30-13-12-29-17-30)5-6-22(24)7-8-25(31)32;/h5-8,12-13,15,17,33H,9-11,14,16H2,1-4H3,(H,31,32);1H/b8-7+;. The number of imidazole rings is 1. The van der Waals surface area contributed by atoms with E-state index in [9.17, 15) is 9.90 Å².